The number of thiophene rings is 1. The van der Waals surface area contributed by atoms with Gasteiger partial charge in [0.1, 0.15) is 5.75 Å². The smallest absolute Gasteiger partial charge is 0.438 e. The molecule has 0 fully saturated rings. The van der Waals surface area contributed by atoms with E-state index >= 15 is 0 Å². The second-order valence-electron chi connectivity index (χ2n) is 7.00. The van der Waals surface area contributed by atoms with Crippen molar-refractivity contribution in [3.63, 3.8) is 0 Å². The molecule has 1 aliphatic heterocycles. The average Bonchev–Trinajstić information content (AvgIpc) is 3.41. The number of methoxy groups -OCH3 is 1. The number of hydrogen-bond donors (Lipinski definition) is 1. The van der Waals surface area contributed by atoms with Gasteiger partial charge in [-0.15, -0.1) is 11.3 Å². The lowest BCUT2D eigenvalue weighted by Gasteiger charge is -2.32. The molecular formula is C20H14F6N4O2S. The number of benzene rings is 1. The summed E-state index contributed by atoms with van der Waals surface area (Å²) in [5, 5.41) is 16.0. The molecule has 3 heterocycles. The number of hydrazone groups is 1. The molecule has 1 N–H and O–H groups in total. The first-order valence-electron chi connectivity index (χ1n) is 9.24. The van der Waals surface area contributed by atoms with Crippen LogP contribution in [0.3, 0.4) is 0 Å². The maximum absolute atomic E-state index is 14.0. The van der Waals surface area contributed by atoms with E-state index in [1.54, 1.807) is 17.5 Å². The van der Waals surface area contributed by atoms with Gasteiger partial charge in [0.25, 0.3) is 5.72 Å². The fourth-order valence-electron chi connectivity index (χ4n) is 3.16. The number of halogens is 6. The SMILES string of the molecule is COc1cccc(C2=NN(c3nc(-c4cccs4)cc(C(F)(F)F)n3)[C@@](O)(C(F)(F)F)C2)c1. The number of nitrogens with zero attached hydrogens (tertiary/aromatic N) is 4. The molecule has 13 heteroatoms. The Morgan fingerprint density at radius 1 is 1.06 bits per heavy atom. The van der Waals surface area contributed by atoms with Crippen molar-refractivity contribution >= 4 is 23.0 Å². The zero-order valence-electron chi connectivity index (χ0n) is 16.6. The summed E-state index contributed by atoms with van der Waals surface area (Å²) in [7, 11) is 1.36. The van der Waals surface area contributed by atoms with E-state index < -0.39 is 36.1 Å². The number of alkyl halides is 6. The highest BCUT2D eigenvalue weighted by atomic mass is 32.1. The van der Waals surface area contributed by atoms with Crippen LogP contribution in [0.2, 0.25) is 0 Å². The molecule has 0 radical (unpaired) electrons. The van der Waals surface area contributed by atoms with Crippen LogP contribution in [0.15, 0.2) is 52.9 Å². The van der Waals surface area contributed by atoms with Gasteiger partial charge >= 0.3 is 12.4 Å². The third-order valence-corrected chi connectivity index (χ3v) is 5.70. The molecule has 174 valence electrons. The Balaban J connectivity index is 1.90. The Labute approximate surface area is 186 Å². The molecule has 1 atom stereocenters. The van der Waals surface area contributed by atoms with Crippen LogP contribution in [0.25, 0.3) is 10.6 Å². The summed E-state index contributed by atoms with van der Waals surface area (Å²) in [5.74, 6) is -0.717. The van der Waals surface area contributed by atoms with Crippen molar-refractivity contribution in [1.29, 1.82) is 0 Å². The third-order valence-electron chi connectivity index (χ3n) is 4.81. The maximum atomic E-state index is 14.0. The molecule has 33 heavy (non-hydrogen) atoms. The summed E-state index contributed by atoms with van der Waals surface area (Å²) >= 11 is 1.04. The number of anilines is 1. The van der Waals surface area contributed by atoms with Crippen LogP contribution >= 0.6 is 11.3 Å². The Bertz CT molecular complexity index is 1200. The second-order valence-corrected chi connectivity index (χ2v) is 7.94. The molecule has 0 aliphatic carbocycles. The molecule has 0 bridgehead atoms. The molecule has 1 aliphatic rings. The molecule has 4 rings (SSSR count). The van der Waals surface area contributed by atoms with E-state index in [1.807, 2.05) is 0 Å². The maximum Gasteiger partial charge on any atom is 0.438 e. The second kappa shape index (κ2) is 7.99. The Morgan fingerprint density at radius 2 is 1.82 bits per heavy atom. The Kier molecular flexibility index (Phi) is 5.56. The van der Waals surface area contributed by atoms with Gasteiger partial charge in [-0.25, -0.2) is 9.97 Å². The Morgan fingerprint density at radius 3 is 2.42 bits per heavy atom. The molecular weight excluding hydrogens is 474 g/mol. The summed E-state index contributed by atoms with van der Waals surface area (Å²) in [4.78, 5) is 7.42. The Hall–Kier alpha value is -3.19. The highest BCUT2D eigenvalue weighted by Gasteiger charge is 2.63. The lowest BCUT2D eigenvalue weighted by molar-refractivity contribution is -0.254. The summed E-state index contributed by atoms with van der Waals surface area (Å²) in [6.07, 6.45) is -11.3. The molecule has 0 saturated carbocycles. The fraction of sp³-hybridized carbons (Fsp3) is 0.250. The van der Waals surface area contributed by atoms with Gasteiger partial charge in [-0.05, 0) is 29.6 Å². The largest absolute Gasteiger partial charge is 0.497 e. The molecule has 1 aromatic carbocycles. The monoisotopic (exact) mass is 488 g/mol. The van der Waals surface area contributed by atoms with Crippen LogP contribution in [-0.2, 0) is 6.18 Å². The normalized spacial score (nSPS) is 19.0. The number of aromatic nitrogens is 2. The van der Waals surface area contributed by atoms with Crippen molar-refractivity contribution in [3.05, 3.63) is 59.1 Å². The van der Waals surface area contributed by atoms with Crippen LogP contribution in [0.5, 0.6) is 5.75 Å². The number of hydrogen-bond acceptors (Lipinski definition) is 7. The topological polar surface area (TPSA) is 70.8 Å². The summed E-state index contributed by atoms with van der Waals surface area (Å²) < 4.78 is 87.4. The minimum Gasteiger partial charge on any atom is -0.497 e. The van der Waals surface area contributed by atoms with Gasteiger partial charge in [0, 0.05) is 5.56 Å². The zero-order valence-corrected chi connectivity index (χ0v) is 17.5. The molecule has 6 nitrogen and oxygen atoms in total. The van der Waals surface area contributed by atoms with Crippen molar-refractivity contribution in [2.45, 2.75) is 24.5 Å². The first-order chi connectivity index (χ1) is 15.4. The van der Waals surface area contributed by atoms with E-state index in [1.165, 1.54) is 31.4 Å². The van der Waals surface area contributed by atoms with E-state index in [-0.39, 0.29) is 26.9 Å². The lowest BCUT2D eigenvalue weighted by Crippen LogP contribution is -2.55. The first-order valence-corrected chi connectivity index (χ1v) is 10.1. The lowest BCUT2D eigenvalue weighted by atomic mass is 10.0. The summed E-state index contributed by atoms with van der Waals surface area (Å²) in [6.45, 7) is 0. The molecule has 3 aromatic rings. The van der Waals surface area contributed by atoms with Gasteiger partial charge in [0.2, 0.25) is 5.95 Å². The fourth-order valence-corrected chi connectivity index (χ4v) is 3.85. The quantitative estimate of drug-likeness (QED) is 0.518. The number of rotatable bonds is 4. The van der Waals surface area contributed by atoms with E-state index in [0.29, 0.717) is 11.8 Å². The standard InChI is InChI=1S/C20H14F6N4O2S/c1-32-12-5-2-4-11(8-12)14-10-18(31,20(24,25)26)30(29-14)17-27-13(15-6-3-7-33-15)9-16(28-17)19(21,22)23/h2-9,31H,10H2,1H3/t18-/m0/s1. The molecule has 0 saturated heterocycles. The van der Waals surface area contributed by atoms with Gasteiger partial charge in [-0.2, -0.15) is 36.5 Å². The predicted octanol–water partition coefficient (Wildman–Crippen LogP) is 5.10. The van der Waals surface area contributed by atoms with Crippen molar-refractivity contribution in [1.82, 2.24) is 9.97 Å². The van der Waals surface area contributed by atoms with Crippen molar-refractivity contribution in [3.8, 4) is 16.3 Å². The minimum atomic E-state index is -5.29. The molecule has 2 aromatic heterocycles. The van der Waals surface area contributed by atoms with Crippen molar-refractivity contribution in [2.75, 3.05) is 12.1 Å². The van der Waals surface area contributed by atoms with Gasteiger partial charge in [-0.3, -0.25) is 0 Å². The van der Waals surface area contributed by atoms with Crippen LogP contribution < -0.4 is 9.75 Å². The zero-order chi connectivity index (χ0) is 24.0. The van der Waals surface area contributed by atoms with Crippen LogP contribution in [0.1, 0.15) is 17.7 Å². The van der Waals surface area contributed by atoms with Crippen LogP contribution in [0.4, 0.5) is 32.3 Å². The van der Waals surface area contributed by atoms with E-state index in [2.05, 4.69) is 15.1 Å². The summed E-state index contributed by atoms with van der Waals surface area (Å²) in [6, 6.07) is 9.52. The van der Waals surface area contributed by atoms with Crippen molar-refractivity contribution < 1.29 is 36.2 Å². The van der Waals surface area contributed by atoms with Gasteiger partial charge in [-0.1, -0.05) is 18.2 Å². The van der Waals surface area contributed by atoms with Crippen molar-refractivity contribution in [2.24, 2.45) is 5.10 Å². The first kappa shape index (κ1) is 23.0. The van der Waals surface area contributed by atoms with E-state index in [4.69, 9.17) is 4.74 Å². The minimum absolute atomic E-state index is 0.00580. The molecule has 0 spiro atoms. The highest BCUT2D eigenvalue weighted by Crippen LogP contribution is 2.44. The highest BCUT2D eigenvalue weighted by molar-refractivity contribution is 7.13. The number of aliphatic hydroxyl groups is 1. The van der Waals surface area contributed by atoms with Gasteiger partial charge < -0.3 is 9.84 Å². The van der Waals surface area contributed by atoms with Crippen LogP contribution in [-0.4, -0.2) is 39.8 Å². The van der Waals surface area contributed by atoms with E-state index in [9.17, 15) is 31.4 Å². The number of ether oxygens (including phenoxy) is 1. The predicted molar refractivity (Wildman–Crippen MR) is 108 cm³/mol. The van der Waals surface area contributed by atoms with Crippen LogP contribution in [0, 0.1) is 0 Å². The van der Waals surface area contributed by atoms with Gasteiger partial charge in [0.05, 0.1) is 29.8 Å². The average molecular weight is 488 g/mol. The van der Waals surface area contributed by atoms with Gasteiger partial charge in [0.15, 0.2) is 5.69 Å². The molecule has 0 amide bonds. The van der Waals surface area contributed by atoms with E-state index in [0.717, 1.165) is 11.3 Å². The summed E-state index contributed by atoms with van der Waals surface area (Å²) in [5.41, 5.74) is -5.43. The third kappa shape index (κ3) is 4.25. The molecule has 0 unspecified atom stereocenters.